The number of aromatic nitrogens is 1. The largest absolute Gasteiger partial charge is 0.467 e. The first-order chi connectivity index (χ1) is 12.9. The molecule has 2 fully saturated rings. The Hall–Kier alpha value is -1.51. The highest BCUT2D eigenvalue weighted by atomic mass is 32.1. The van der Waals surface area contributed by atoms with Gasteiger partial charge in [0.15, 0.2) is 0 Å². The topological polar surface area (TPSA) is 101 Å². The van der Waals surface area contributed by atoms with Crippen LogP contribution in [0.1, 0.15) is 49.2 Å². The van der Waals surface area contributed by atoms with Gasteiger partial charge in [-0.1, -0.05) is 25.2 Å². The first kappa shape index (κ1) is 20.2. The predicted octanol–water partition coefficient (Wildman–Crippen LogP) is 1.62. The van der Waals surface area contributed by atoms with Gasteiger partial charge in [-0.15, -0.1) is 0 Å². The van der Waals surface area contributed by atoms with Crippen molar-refractivity contribution >= 4 is 23.0 Å². The first-order valence-electron chi connectivity index (χ1n) is 9.75. The highest BCUT2D eigenvalue weighted by molar-refractivity contribution is 7.15. The van der Waals surface area contributed by atoms with Gasteiger partial charge in [0.25, 0.3) is 11.1 Å². The van der Waals surface area contributed by atoms with E-state index in [0.29, 0.717) is 46.8 Å². The van der Waals surface area contributed by atoms with E-state index < -0.39 is 6.10 Å². The first-order valence-corrected chi connectivity index (χ1v) is 10.6. The van der Waals surface area contributed by atoms with Crippen molar-refractivity contribution in [3.8, 4) is 5.19 Å². The summed E-state index contributed by atoms with van der Waals surface area (Å²) < 4.78 is 5.45. The number of Topliss-reactive ketones (excluding diaryl/α,β-unsaturated/α-hetero) is 1. The normalized spacial score (nSPS) is 24.7. The Kier molecular flexibility index (Phi) is 6.83. The smallest absolute Gasteiger partial charge is 0.273 e. The molecule has 3 rings (SSSR count). The van der Waals surface area contributed by atoms with E-state index in [0.717, 1.165) is 19.3 Å². The third-order valence-electron chi connectivity index (χ3n) is 5.22. The lowest BCUT2D eigenvalue weighted by Gasteiger charge is -2.13. The molecule has 0 radical (unpaired) electrons. The molecule has 3 N–H and O–H groups in total. The summed E-state index contributed by atoms with van der Waals surface area (Å²) in [5.74, 6) is 1.75. The van der Waals surface area contributed by atoms with Crippen LogP contribution in [0.2, 0.25) is 0 Å². The minimum atomic E-state index is -0.627. The lowest BCUT2D eigenvalue weighted by Crippen LogP contribution is -2.35. The maximum Gasteiger partial charge on any atom is 0.273 e. The molecule has 7 nitrogen and oxygen atoms in total. The molecule has 0 spiro atoms. The second kappa shape index (κ2) is 9.12. The summed E-state index contributed by atoms with van der Waals surface area (Å²) in [5, 5.41) is 16.2. The van der Waals surface area contributed by atoms with Crippen LogP contribution in [0.3, 0.4) is 0 Å². The summed E-state index contributed by atoms with van der Waals surface area (Å²) in [6, 6.07) is 0.298. The quantitative estimate of drug-likeness (QED) is 0.492. The molecule has 27 heavy (non-hydrogen) atoms. The van der Waals surface area contributed by atoms with Gasteiger partial charge in [-0.2, -0.15) is 0 Å². The van der Waals surface area contributed by atoms with E-state index in [-0.39, 0.29) is 18.4 Å². The number of hydrogen-bond acceptors (Lipinski definition) is 7. The molecule has 8 heteroatoms. The molecule has 1 aromatic rings. The van der Waals surface area contributed by atoms with Crippen LogP contribution in [-0.4, -0.2) is 53.6 Å². The van der Waals surface area contributed by atoms with Gasteiger partial charge in [0.1, 0.15) is 23.4 Å². The van der Waals surface area contributed by atoms with Crippen LogP contribution in [0.15, 0.2) is 6.20 Å². The number of aliphatic hydroxyl groups excluding tert-OH is 1. The van der Waals surface area contributed by atoms with E-state index in [2.05, 4.69) is 15.6 Å². The number of carbonyl (C=O) groups excluding carboxylic acids is 2. The number of fused-ring (bicyclic) bond motifs is 1. The second-order valence-electron chi connectivity index (χ2n) is 7.85. The van der Waals surface area contributed by atoms with Crippen molar-refractivity contribution in [2.24, 2.45) is 17.8 Å². The second-order valence-corrected chi connectivity index (χ2v) is 8.85. The summed E-state index contributed by atoms with van der Waals surface area (Å²) in [5.41, 5.74) is 0. The molecule has 0 aromatic carbocycles. The van der Waals surface area contributed by atoms with Crippen LogP contribution in [0.5, 0.6) is 5.19 Å². The Morgan fingerprint density at radius 3 is 3.00 bits per heavy atom. The fourth-order valence-electron chi connectivity index (χ4n) is 3.66. The molecular formula is C19H29N3O4S. The standard InChI is InChI=1S/C19H29N3O4S/c1-11(2)21-8-13(23)10-26-19-22-9-17(27-19)18(25)20-5-3-4-14-15-6-12(15)7-16(14)24/h9,11-15,21,23H,3-8,10H2,1-2H3,(H,20,25). The molecule has 4 atom stereocenters. The maximum atomic E-state index is 12.2. The van der Waals surface area contributed by atoms with Crippen LogP contribution < -0.4 is 15.4 Å². The molecule has 1 amide bonds. The predicted molar refractivity (Wildman–Crippen MR) is 103 cm³/mol. The van der Waals surface area contributed by atoms with Crippen LogP contribution in [0, 0.1) is 17.8 Å². The molecule has 2 aliphatic rings. The van der Waals surface area contributed by atoms with Gasteiger partial charge in [-0.3, -0.25) is 9.59 Å². The number of ketones is 1. The minimum absolute atomic E-state index is 0.131. The SMILES string of the molecule is CC(C)NCC(O)COc1ncc(C(=O)NCCCC2C(=O)CC3CC32)s1. The molecule has 4 unspecified atom stereocenters. The number of hydrogen-bond donors (Lipinski definition) is 3. The third-order valence-corrected chi connectivity index (χ3v) is 6.13. The monoisotopic (exact) mass is 395 g/mol. The highest BCUT2D eigenvalue weighted by Crippen LogP contribution is 2.54. The average molecular weight is 396 g/mol. The summed E-state index contributed by atoms with van der Waals surface area (Å²) in [6.45, 7) is 5.15. The molecule has 150 valence electrons. The number of carbonyl (C=O) groups is 2. The van der Waals surface area contributed by atoms with Gasteiger partial charge in [0.05, 0.1) is 6.20 Å². The molecule has 0 aliphatic heterocycles. The van der Waals surface area contributed by atoms with E-state index in [1.165, 1.54) is 24.0 Å². The van der Waals surface area contributed by atoms with Crippen LogP contribution >= 0.6 is 11.3 Å². The molecule has 0 bridgehead atoms. The average Bonchev–Trinajstić information content (AvgIpc) is 3.09. The summed E-state index contributed by atoms with van der Waals surface area (Å²) in [7, 11) is 0. The Balaban J connectivity index is 1.32. The number of nitrogens with zero attached hydrogens (tertiary/aromatic N) is 1. The van der Waals surface area contributed by atoms with Gasteiger partial charge in [-0.05, 0) is 31.1 Å². The van der Waals surface area contributed by atoms with Crippen molar-refractivity contribution in [2.45, 2.75) is 51.7 Å². The Morgan fingerprint density at radius 1 is 1.48 bits per heavy atom. The molecule has 1 aromatic heterocycles. The lowest BCUT2D eigenvalue weighted by molar-refractivity contribution is -0.121. The van der Waals surface area contributed by atoms with E-state index in [9.17, 15) is 14.7 Å². The summed E-state index contributed by atoms with van der Waals surface area (Å²) >= 11 is 1.17. The fraction of sp³-hybridized carbons (Fsp3) is 0.737. The van der Waals surface area contributed by atoms with Gasteiger partial charge in [0, 0.05) is 31.5 Å². The van der Waals surface area contributed by atoms with Crippen molar-refractivity contribution in [2.75, 3.05) is 19.7 Å². The van der Waals surface area contributed by atoms with Crippen LogP contribution in [-0.2, 0) is 4.79 Å². The number of thiazole rings is 1. The zero-order chi connectivity index (χ0) is 19.4. The molecule has 1 heterocycles. The van der Waals surface area contributed by atoms with Crippen LogP contribution in [0.25, 0.3) is 0 Å². The number of ether oxygens (including phenoxy) is 1. The Morgan fingerprint density at radius 2 is 2.30 bits per heavy atom. The van der Waals surface area contributed by atoms with Gasteiger partial charge >= 0.3 is 0 Å². The molecule has 0 saturated heterocycles. The summed E-state index contributed by atoms with van der Waals surface area (Å²) in [4.78, 5) is 28.6. The molecular weight excluding hydrogens is 366 g/mol. The highest BCUT2D eigenvalue weighted by Gasteiger charge is 2.52. The van der Waals surface area contributed by atoms with Crippen molar-refractivity contribution in [1.82, 2.24) is 15.6 Å². The third kappa shape index (κ3) is 5.73. The van der Waals surface area contributed by atoms with Gasteiger partial charge in [-0.25, -0.2) is 4.98 Å². The number of aliphatic hydroxyl groups is 1. The number of nitrogens with one attached hydrogen (secondary N) is 2. The minimum Gasteiger partial charge on any atom is -0.467 e. The Labute approximate surface area is 163 Å². The van der Waals surface area contributed by atoms with Gasteiger partial charge in [0.2, 0.25) is 0 Å². The number of amides is 1. The number of rotatable bonds is 11. The van der Waals surface area contributed by atoms with Crippen molar-refractivity contribution in [3.05, 3.63) is 11.1 Å². The maximum absolute atomic E-state index is 12.2. The van der Waals surface area contributed by atoms with E-state index in [1.54, 1.807) is 0 Å². The van der Waals surface area contributed by atoms with Crippen LogP contribution in [0.4, 0.5) is 0 Å². The van der Waals surface area contributed by atoms with Crippen molar-refractivity contribution < 1.29 is 19.4 Å². The summed E-state index contributed by atoms with van der Waals surface area (Å²) in [6.07, 6.45) is 4.55. The lowest BCUT2D eigenvalue weighted by atomic mass is 9.96. The zero-order valence-electron chi connectivity index (χ0n) is 15.9. The molecule has 2 saturated carbocycles. The van der Waals surface area contributed by atoms with E-state index >= 15 is 0 Å². The van der Waals surface area contributed by atoms with Crippen molar-refractivity contribution in [3.63, 3.8) is 0 Å². The van der Waals surface area contributed by atoms with E-state index in [1.807, 2.05) is 13.8 Å². The zero-order valence-corrected chi connectivity index (χ0v) is 16.8. The fourth-order valence-corrected chi connectivity index (χ4v) is 4.35. The van der Waals surface area contributed by atoms with Gasteiger partial charge < -0.3 is 20.5 Å². The van der Waals surface area contributed by atoms with E-state index in [4.69, 9.17) is 4.74 Å². The Bertz CT molecular complexity index is 663. The molecule has 2 aliphatic carbocycles. The van der Waals surface area contributed by atoms with Crippen molar-refractivity contribution in [1.29, 1.82) is 0 Å².